The maximum atomic E-state index is 8.28. The van der Waals surface area contributed by atoms with Gasteiger partial charge in [-0.05, 0) is 24.3 Å². The largest absolute Gasteiger partial charge is 0.299 e. The van der Waals surface area contributed by atoms with Gasteiger partial charge in [0, 0.05) is 24.0 Å². The molecule has 4 heteroatoms. The van der Waals surface area contributed by atoms with Gasteiger partial charge >= 0.3 is 0 Å². The van der Waals surface area contributed by atoms with Crippen LogP contribution in [0.25, 0.3) is 10.4 Å². The molecule has 1 saturated heterocycles. The summed E-state index contributed by atoms with van der Waals surface area (Å²) in [6, 6.07) is 1.01. The summed E-state index contributed by atoms with van der Waals surface area (Å²) in [5.41, 5.74) is 8.28. The molecule has 0 aromatic rings. The number of nitrogens with zero attached hydrogens (tertiary/aromatic N) is 4. The van der Waals surface area contributed by atoms with Crippen LogP contribution in [0.4, 0.5) is 0 Å². The molecule has 0 spiro atoms. The van der Waals surface area contributed by atoms with Crippen molar-refractivity contribution in [2.24, 2.45) is 11.0 Å². The van der Waals surface area contributed by atoms with Crippen molar-refractivity contribution in [1.82, 2.24) is 4.90 Å². The molecule has 0 aromatic heterocycles. The zero-order valence-corrected chi connectivity index (χ0v) is 8.76. The van der Waals surface area contributed by atoms with Crippen LogP contribution in [0.2, 0.25) is 0 Å². The molecule has 1 aliphatic heterocycles. The molecule has 2 atom stereocenters. The molecule has 0 aromatic carbocycles. The van der Waals surface area contributed by atoms with E-state index in [-0.39, 0.29) is 6.04 Å². The van der Waals surface area contributed by atoms with Gasteiger partial charge in [0.25, 0.3) is 0 Å². The van der Waals surface area contributed by atoms with Crippen molar-refractivity contribution in [2.75, 3.05) is 13.1 Å². The lowest BCUT2D eigenvalue weighted by Gasteiger charge is -2.45. The zero-order chi connectivity index (χ0) is 9.97. The first-order valence-electron chi connectivity index (χ1n) is 5.58. The number of rotatable bonds is 2. The van der Waals surface area contributed by atoms with Crippen molar-refractivity contribution in [3.05, 3.63) is 10.4 Å². The van der Waals surface area contributed by atoms with E-state index in [4.69, 9.17) is 5.53 Å². The fourth-order valence-corrected chi connectivity index (χ4v) is 2.67. The minimum Gasteiger partial charge on any atom is -0.299 e. The molecule has 0 unspecified atom stereocenters. The van der Waals surface area contributed by atoms with Gasteiger partial charge in [-0.25, -0.2) is 0 Å². The Balaban J connectivity index is 1.78. The van der Waals surface area contributed by atoms with E-state index >= 15 is 0 Å². The van der Waals surface area contributed by atoms with Gasteiger partial charge in [0.2, 0.25) is 0 Å². The fourth-order valence-electron chi connectivity index (χ4n) is 2.67. The van der Waals surface area contributed by atoms with E-state index in [1.807, 2.05) is 0 Å². The molecule has 1 heterocycles. The first-order valence-corrected chi connectivity index (χ1v) is 5.58. The zero-order valence-electron chi connectivity index (χ0n) is 8.76. The van der Waals surface area contributed by atoms with Crippen molar-refractivity contribution in [3.8, 4) is 0 Å². The lowest BCUT2D eigenvalue weighted by molar-refractivity contribution is 0.0595. The van der Waals surface area contributed by atoms with Gasteiger partial charge in [-0.15, -0.1) is 0 Å². The Hall–Kier alpha value is -0.730. The average molecular weight is 194 g/mol. The first kappa shape index (κ1) is 9.81. The smallest absolute Gasteiger partial charge is 0.0628 e. The molecule has 0 bridgehead atoms. The molecule has 14 heavy (non-hydrogen) atoms. The van der Waals surface area contributed by atoms with Gasteiger partial charge in [0.15, 0.2) is 0 Å². The van der Waals surface area contributed by atoms with Crippen LogP contribution in [0.5, 0.6) is 0 Å². The van der Waals surface area contributed by atoms with Crippen molar-refractivity contribution in [3.63, 3.8) is 0 Å². The van der Waals surface area contributed by atoms with Crippen LogP contribution >= 0.6 is 0 Å². The predicted octanol–water partition coefficient (Wildman–Crippen LogP) is 2.56. The summed E-state index contributed by atoms with van der Waals surface area (Å²) in [6.07, 6.45) is 5.44. The molecule has 78 valence electrons. The van der Waals surface area contributed by atoms with Crippen LogP contribution < -0.4 is 0 Å². The van der Waals surface area contributed by atoms with Gasteiger partial charge in [0.1, 0.15) is 0 Å². The van der Waals surface area contributed by atoms with E-state index in [1.54, 1.807) is 0 Å². The summed E-state index contributed by atoms with van der Waals surface area (Å²) in [6.45, 7) is 4.32. The summed E-state index contributed by atoms with van der Waals surface area (Å²) in [5.74, 6) is 0.882. The molecule has 0 radical (unpaired) electrons. The Morgan fingerprint density at radius 3 is 2.79 bits per heavy atom. The minimum atomic E-state index is 0.247. The lowest BCUT2D eigenvalue weighted by Crippen LogP contribution is -2.55. The highest BCUT2D eigenvalue weighted by Crippen LogP contribution is 2.30. The molecule has 0 N–H and O–H groups in total. The molecule has 2 fully saturated rings. The Bertz CT molecular complexity index is 241. The Morgan fingerprint density at radius 1 is 1.36 bits per heavy atom. The van der Waals surface area contributed by atoms with Gasteiger partial charge in [-0.1, -0.05) is 24.9 Å². The first-order chi connectivity index (χ1) is 6.79. The third kappa shape index (κ3) is 2.02. The second-order valence-corrected chi connectivity index (χ2v) is 4.74. The topological polar surface area (TPSA) is 52.0 Å². The van der Waals surface area contributed by atoms with Gasteiger partial charge in [0.05, 0.1) is 6.04 Å². The third-order valence-electron chi connectivity index (χ3n) is 3.53. The number of likely N-dealkylation sites (tertiary alicyclic amines) is 1. The van der Waals surface area contributed by atoms with Crippen LogP contribution in [-0.4, -0.2) is 30.1 Å². The maximum absolute atomic E-state index is 8.28. The highest BCUT2D eigenvalue weighted by atomic mass is 15.3. The van der Waals surface area contributed by atoms with E-state index in [2.05, 4.69) is 21.8 Å². The summed E-state index contributed by atoms with van der Waals surface area (Å²) in [4.78, 5) is 5.33. The molecule has 4 nitrogen and oxygen atoms in total. The molecule has 1 aliphatic carbocycles. The second kappa shape index (κ2) is 4.20. The van der Waals surface area contributed by atoms with Gasteiger partial charge in [-0.3, -0.25) is 4.90 Å². The molecule has 2 rings (SSSR count). The normalized spacial score (nSPS) is 34.6. The van der Waals surface area contributed by atoms with Gasteiger partial charge < -0.3 is 0 Å². The quantitative estimate of drug-likeness (QED) is 0.378. The molecule has 0 amide bonds. The van der Waals surface area contributed by atoms with Crippen LogP contribution in [0.3, 0.4) is 0 Å². The van der Waals surface area contributed by atoms with E-state index in [0.29, 0.717) is 0 Å². The van der Waals surface area contributed by atoms with Gasteiger partial charge in [-0.2, -0.15) is 0 Å². The number of azide groups is 1. The Morgan fingerprint density at radius 2 is 2.14 bits per heavy atom. The minimum absolute atomic E-state index is 0.247. The molecule has 1 saturated carbocycles. The standard InChI is InChI=1S/C10H18N4/c1-8-3-2-4-10(5-8)14-6-9(7-14)12-13-11/h8-10H,2-7H2,1H3/t8-,10-/m0/s1. The monoisotopic (exact) mass is 194 g/mol. The summed E-state index contributed by atoms with van der Waals surface area (Å²) < 4.78 is 0. The summed E-state index contributed by atoms with van der Waals surface area (Å²) >= 11 is 0. The van der Waals surface area contributed by atoms with E-state index < -0.39 is 0 Å². The molecule has 2 aliphatic rings. The van der Waals surface area contributed by atoms with Crippen molar-refractivity contribution >= 4 is 0 Å². The average Bonchev–Trinajstić information content (AvgIpc) is 2.10. The van der Waals surface area contributed by atoms with Crippen molar-refractivity contribution < 1.29 is 0 Å². The second-order valence-electron chi connectivity index (χ2n) is 4.74. The lowest BCUT2D eigenvalue weighted by atomic mass is 9.85. The Kier molecular flexibility index (Phi) is 2.94. The van der Waals surface area contributed by atoms with Crippen molar-refractivity contribution in [1.29, 1.82) is 0 Å². The van der Waals surface area contributed by atoms with Crippen LogP contribution in [0, 0.1) is 5.92 Å². The summed E-state index contributed by atoms with van der Waals surface area (Å²) in [7, 11) is 0. The SMILES string of the molecule is C[C@H]1CCC[C@H](N2CC(N=[N+]=[N-])C2)C1. The fraction of sp³-hybridized carbons (Fsp3) is 1.00. The summed E-state index contributed by atoms with van der Waals surface area (Å²) in [5, 5.41) is 3.73. The van der Waals surface area contributed by atoms with E-state index in [1.165, 1.54) is 25.7 Å². The highest BCUT2D eigenvalue weighted by molar-refractivity contribution is 4.91. The third-order valence-corrected chi connectivity index (χ3v) is 3.53. The molecular weight excluding hydrogens is 176 g/mol. The predicted molar refractivity (Wildman–Crippen MR) is 55.9 cm³/mol. The highest BCUT2D eigenvalue weighted by Gasteiger charge is 2.33. The van der Waals surface area contributed by atoms with E-state index in [0.717, 1.165) is 25.0 Å². The maximum Gasteiger partial charge on any atom is 0.0628 e. The van der Waals surface area contributed by atoms with Crippen molar-refractivity contribution in [2.45, 2.75) is 44.7 Å². The van der Waals surface area contributed by atoms with E-state index in [9.17, 15) is 0 Å². The van der Waals surface area contributed by atoms with Crippen LogP contribution in [0.15, 0.2) is 5.11 Å². The van der Waals surface area contributed by atoms with Crippen LogP contribution in [0.1, 0.15) is 32.6 Å². The van der Waals surface area contributed by atoms with Crippen LogP contribution in [-0.2, 0) is 0 Å². The Labute approximate surface area is 84.9 Å². The number of hydrogen-bond acceptors (Lipinski definition) is 2. The number of hydrogen-bond donors (Lipinski definition) is 0. The molecular formula is C10H18N4.